The third-order valence-electron chi connectivity index (χ3n) is 2.06. The summed E-state index contributed by atoms with van der Waals surface area (Å²) in [6.45, 7) is 1.94. The Balaban J connectivity index is 2.90. The number of allylic oxidation sites excluding steroid dienone is 1. The van der Waals surface area contributed by atoms with Gasteiger partial charge in [-0.1, -0.05) is 12.1 Å². The maximum Gasteiger partial charge on any atom is 0.337 e. The minimum absolute atomic E-state index is 0.324. The van der Waals surface area contributed by atoms with Crippen LogP contribution in [0.15, 0.2) is 30.5 Å². The Bertz CT molecular complexity index is 363. The van der Waals surface area contributed by atoms with Crippen LogP contribution in [0.25, 0.3) is 5.57 Å². The van der Waals surface area contributed by atoms with Gasteiger partial charge in [-0.05, 0) is 30.2 Å². The number of esters is 1. The van der Waals surface area contributed by atoms with Crippen LogP contribution in [-0.2, 0) is 9.47 Å². The lowest BCUT2D eigenvalue weighted by Gasteiger charge is -2.03. The predicted molar refractivity (Wildman–Crippen MR) is 58.4 cm³/mol. The monoisotopic (exact) mass is 206 g/mol. The molecule has 1 rings (SSSR count). The molecule has 0 bridgehead atoms. The third kappa shape index (κ3) is 2.84. The molecule has 0 aliphatic heterocycles. The van der Waals surface area contributed by atoms with Crippen LogP contribution in [0.2, 0.25) is 0 Å². The normalized spacial score (nSPS) is 11.0. The van der Waals surface area contributed by atoms with Crippen LogP contribution in [0.3, 0.4) is 0 Å². The Morgan fingerprint density at radius 2 is 1.67 bits per heavy atom. The van der Waals surface area contributed by atoms with Crippen molar-refractivity contribution in [2.45, 2.75) is 6.92 Å². The van der Waals surface area contributed by atoms with Crippen LogP contribution in [-0.4, -0.2) is 20.2 Å². The van der Waals surface area contributed by atoms with E-state index < -0.39 is 0 Å². The van der Waals surface area contributed by atoms with Crippen molar-refractivity contribution in [3.63, 3.8) is 0 Å². The van der Waals surface area contributed by atoms with Gasteiger partial charge in [-0.15, -0.1) is 0 Å². The van der Waals surface area contributed by atoms with Crippen LogP contribution >= 0.6 is 0 Å². The van der Waals surface area contributed by atoms with Crippen LogP contribution in [0.5, 0.6) is 0 Å². The molecule has 0 aliphatic carbocycles. The second kappa shape index (κ2) is 5.20. The van der Waals surface area contributed by atoms with Gasteiger partial charge in [0.15, 0.2) is 0 Å². The molecule has 1 aromatic rings. The Morgan fingerprint density at radius 3 is 2.13 bits per heavy atom. The van der Waals surface area contributed by atoms with Crippen LogP contribution in [0.1, 0.15) is 22.8 Å². The number of benzene rings is 1. The van der Waals surface area contributed by atoms with Crippen LogP contribution in [0.4, 0.5) is 0 Å². The minimum atomic E-state index is -0.324. The number of rotatable bonds is 3. The molecule has 0 N–H and O–H groups in total. The molecule has 0 aliphatic rings. The molecular formula is C12H14O3. The summed E-state index contributed by atoms with van der Waals surface area (Å²) >= 11 is 0. The maximum atomic E-state index is 11.2. The molecule has 1 aromatic carbocycles. The minimum Gasteiger partial charge on any atom is -0.504 e. The maximum absolute atomic E-state index is 11.2. The molecular weight excluding hydrogens is 192 g/mol. The van der Waals surface area contributed by atoms with E-state index in [2.05, 4.69) is 4.74 Å². The SMILES string of the molecule is CO/C=C(\C)c1ccc(C(=O)OC)cc1. The van der Waals surface area contributed by atoms with Gasteiger partial charge in [0.1, 0.15) is 0 Å². The first-order chi connectivity index (χ1) is 7.19. The number of methoxy groups -OCH3 is 2. The topological polar surface area (TPSA) is 35.5 Å². The van der Waals surface area contributed by atoms with Gasteiger partial charge in [0.05, 0.1) is 26.0 Å². The molecule has 15 heavy (non-hydrogen) atoms. The average Bonchev–Trinajstić information content (AvgIpc) is 2.28. The van der Waals surface area contributed by atoms with Gasteiger partial charge in [0, 0.05) is 0 Å². The first-order valence-corrected chi connectivity index (χ1v) is 4.57. The van der Waals surface area contributed by atoms with E-state index in [1.165, 1.54) is 7.11 Å². The molecule has 0 saturated heterocycles. The molecule has 0 saturated carbocycles. The highest BCUT2D eigenvalue weighted by atomic mass is 16.5. The van der Waals surface area contributed by atoms with Crippen molar-refractivity contribution >= 4 is 11.5 Å². The van der Waals surface area contributed by atoms with Crippen LogP contribution in [0, 0.1) is 0 Å². The fourth-order valence-corrected chi connectivity index (χ4v) is 1.23. The highest BCUT2D eigenvalue weighted by Crippen LogP contribution is 2.14. The second-order valence-electron chi connectivity index (χ2n) is 3.11. The van der Waals surface area contributed by atoms with Crippen molar-refractivity contribution < 1.29 is 14.3 Å². The molecule has 0 amide bonds. The van der Waals surface area contributed by atoms with Gasteiger partial charge in [-0.25, -0.2) is 4.79 Å². The van der Waals surface area contributed by atoms with E-state index in [9.17, 15) is 4.79 Å². The molecule has 0 unspecified atom stereocenters. The number of hydrogen-bond acceptors (Lipinski definition) is 3. The zero-order valence-corrected chi connectivity index (χ0v) is 9.11. The zero-order valence-electron chi connectivity index (χ0n) is 9.11. The van der Waals surface area contributed by atoms with E-state index >= 15 is 0 Å². The van der Waals surface area contributed by atoms with E-state index in [0.717, 1.165) is 11.1 Å². The molecule has 3 heteroatoms. The van der Waals surface area contributed by atoms with Gasteiger partial charge in [-0.3, -0.25) is 0 Å². The number of carbonyl (C=O) groups is 1. The largest absolute Gasteiger partial charge is 0.504 e. The summed E-state index contributed by atoms with van der Waals surface area (Å²) in [5.41, 5.74) is 2.57. The summed E-state index contributed by atoms with van der Waals surface area (Å²) < 4.78 is 9.51. The Labute approximate surface area is 89.3 Å². The fraction of sp³-hybridized carbons (Fsp3) is 0.250. The number of carbonyl (C=O) groups excluding carboxylic acids is 1. The van der Waals surface area contributed by atoms with E-state index in [0.29, 0.717) is 5.56 Å². The van der Waals surface area contributed by atoms with Crippen molar-refractivity contribution in [2.75, 3.05) is 14.2 Å². The lowest BCUT2D eigenvalue weighted by atomic mass is 10.1. The van der Waals surface area contributed by atoms with Crippen molar-refractivity contribution in [1.82, 2.24) is 0 Å². The number of ether oxygens (including phenoxy) is 2. The van der Waals surface area contributed by atoms with Crippen molar-refractivity contribution in [3.05, 3.63) is 41.7 Å². The van der Waals surface area contributed by atoms with Gasteiger partial charge in [0.25, 0.3) is 0 Å². The van der Waals surface area contributed by atoms with Crippen LogP contribution < -0.4 is 0 Å². The Morgan fingerprint density at radius 1 is 1.13 bits per heavy atom. The van der Waals surface area contributed by atoms with E-state index in [-0.39, 0.29) is 5.97 Å². The zero-order chi connectivity index (χ0) is 11.3. The summed E-state index contributed by atoms with van der Waals surface area (Å²) in [6.07, 6.45) is 1.66. The summed E-state index contributed by atoms with van der Waals surface area (Å²) in [4.78, 5) is 11.2. The van der Waals surface area contributed by atoms with Gasteiger partial charge < -0.3 is 9.47 Å². The molecule has 0 radical (unpaired) electrons. The molecule has 0 atom stereocenters. The predicted octanol–water partition coefficient (Wildman–Crippen LogP) is 2.48. The first-order valence-electron chi connectivity index (χ1n) is 4.57. The molecule has 3 nitrogen and oxygen atoms in total. The lowest BCUT2D eigenvalue weighted by Crippen LogP contribution is -2.00. The summed E-state index contributed by atoms with van der Waals surface area (Å²) in [5.74, 6) is -0.324. The highest BCUT2D eigenvalue weighted by Gasteiger charge is 2.04. The fourth-order valence-electron chi connectivity index (χ4n) is 1.23. The Kier molecular flexibility index (Phi) is 3.92. The summed E-state index contributed by atoms with van der Waals surface area (Å²) in [6, 6.07) is 7.18. The van der Waals surface area contributed by atoms with Crippen molar-refractivity contribution in [3.8, 4) is 0 Å². The molecule has 80 valence electrons. The third-order valence-corrected chi connectivity index (χ3v) is 2.06. The highest BCUT2D eigenvalue weighted by molar-refractivity contribution is 5.89. The van der Waals surface area contributed by atoms with Gasteiger partial charge in [-0.2, -0.15) is 0 Å². The first kappa shape index (κ1) is 11.3. The number of hydrogen-bond donors (Lipinski definition) is 0. The van der Waals surface area contributed by atoms with Crippen molar-refractivity contribution in [1.29, 1.82) is 0 Å². The molecule has 0 aromatic heterocycles. The molecule has 0 heterocycles. The smallest absolute Gasteiger partial charge is 0.337 e. The average molecular weight is 206 g/mol. The second-order valence-corrected chi connectivity index (χ2v) is 3.11. The van der Waals surface area contributed by atoms with Gasteiger partial charge in [0.2, 0.25) is 0 Å². The standard InChI is InChI=1S/C12H14O3/c1-9(8-14-2)10-4-6-11(7-5-10)12(13)15-3/h4-8H,1-3H3/b9-8+. The summed E-state index contributed by atoms with van der Waals surface area (Å²) in [7, 11) is 2.97. The van der Waals surface area contributed by atoms with E-state index in [1.807, 2.05) is 19.1 Å². The van der Waals surface area contributed by atoms with Gasteiger partial charge >= 0.3 is 5.97 Å². The lowest BCUT2D eigenvalue weighted by molar-refractivity contribution is 0.0601. The summed E-state index contributed by atoms with van der Waals surface area (Å²) in [5, 5.41) is 0. The molecule has 0 fully saturated rings. The van der Waals surface area contributed by atoms with E-state index in [1.54, 1.807) is 25.5 Å². The quantitative estimate of drug-likeness (QED) is 0.563. The Hall–Kier alpha value is -1.77. The van der Waals surface area contributed by atoms with E-state index in [4.69, 9.17) is 4.74 Å². The van der Waals surface area contributed by atoms with Crippen molar-refractivity contribution in [2.24, 2.45) is 0 Å². The molecule has 0 spiro atoms.